The first kappa shape index (κ1) is 14.3. The molecular formula is C16H18O4. The van der Waals surface area contributed by atoms with Crippen LogP contribution in [0.3, 0.4) is 0 Å². The van der Waals surface area contributed by atoms with Crippen molar-refractivity contribution in [1.29, 1.82) is 0 Å². The number of carboxylic acids is 1. The van der Waals surface area contributed by atoms with Crippen LogP contribution in [0.1, 0.15) is 28.8 Å². The molecule has 2 N–H and O–H groups in total. The third kappa shape index (κ3) is 3.71. The predicted octanol–water partition coefficient (Wildman–Crippen LogP) is 3.13. The Morgan fingerprint density at radius 2 is 2.20 bits per heavy atom. The molecule has 4 heteroatoms. The highest BCUT2D eigenvalue weighted by atomic mass is 16.5. The van der Waals surface area contributed by atoms with Gasteiger partial charge in [-0.25, -0.2) is 4.79 Å². The number of phenols is 1. The fraction of sp³-hybridized carbons (Fsp3) is 0.312. The van der Waals surface area contributed by atoms with E-state index in [1.165, 1.54) is 6.07 Å². The van der Waals surface area contributed by atoms with Crippen LogP contribution in [0.15, 0.2) is 42.5 Å². The van der Waals surface area contributed by atoms with E-state index in [-0.39, 0.29) is 17.9 Å². The molecule has 1 unspecified atom stereocenters. The lowest BCUT2D eigenvalue weighted by Gasteiger charge is -2.13. The van der Waals surface area contributed by atoms with Crippen molar-refractivity contribution in [2.45, 2.75) is 19.4 Å². The van der Waals surface area contributed by atoms with Crippen LogP contribution in [0, 0.1) is 5.92 Å². The summed E-state index contributed by atoms with van der Waals surface area (Å²) < 4.78 is 5.54. The molecule has 4 nitrogen and oxygen atoms in total. The number of ether oxygens (including phenoxy) is 1. The van der Waals surface area contributed by atoms with Crippen molar-refractivity contribution < 1.29 is 19.7 Å². The zero-order valence-electron chi connectivity index (χ0n) is 11.2. The number of allylic oxidation sites excluding steroid dienone is 4. The zero-order valence-corrected chi connectivity index (χ0v) is 11.2. The molecule has 0 spiro atoms. The fourth-order valence-electron chi connectivity index (χ4n) is 2.22. The first-order valence-electron chi connectivity index (χ1n) is 6.63. The number of hydrogen-bond acceptors (Lipinski definition) is 3. The number of rotatable bonds is 6. The Balaban J connectivity index is 1.85. The zero-order chi connectivity index (χ0) is 14.4. The average molecular weight is 274 g/mol. The molecule has 0 bridgehead atoms. The summed E-state index contributed by atoms with van der Waals surface area (Å²) in [6.07, 6.45) is 10.3. The maximum atomic E-state index is 11.1. The molecule has 20 heavy (non-hydrogen) atoms. The molecule has 1 aromatic rings. The molecule has 1 aromatic carbocycles. The van der Waals surface area contributed by atoms with Crippen molar-refractivity contribution in [3.05, 3.63) is 53.6 Å². The molecule has 106 valence electrons. The first-order chi connectivity index (χ1) is 9.68. The minimum absolute atomic E-state index is 0.0759. The Bertz CT molecular complexity index is 531. The molecule has 2 rings (SSSR count). The van der Waals surface area contributed by atoms with Crippen molar-refractivity contribution in [2.75, 3.05) is 6.61 Å². The quantitative estimate of drug-likeness (QED) is 0.782. The largest absolute Gasteiger partial charge is 0.507 e. The van der Waals surface area contributed by atoms with E-state index >= 15 is 0 Å². The Kier molecular flexibility index (Phi) is 4.96. The molecule has 0 fully saturated rings. The van der Waals surface area contributed by atoms with Crippen molar-refractivity contribution in [3.63, 3.8) is 0 Å². The van der Waals surface area contributed by atoms with Crippen LogP contribution in [0.2, 0.25) is 0 Å². The molecule has 0 amide bonds. The summed E-state index contributed by atoms with van der Waals surface area (Å²) in [5.74, 6) is -0.871. The lowest BCUT2D eigenvalue weighted by molar-refractivity contribution is 0.0682. The van der Waals surface area contributed by atoms with E-state index in [0.29, 0.717) is 18.1 Å². The van der Waals surface area contributed by atoms with E-state index in [0.717, 1.165) is 12.8 Å². The standard InChI is InChI=1S/C16H18O4/c17-14-8-4-7-13(15(14)16(18)19)11-20-10-9-12-5-2-1-3-6-12/h1-5,7-8,12,17H,6,9-11H2,(H,18,19). The van der Waals surface area contributed by atoms with Gasteiger partial charge >= 0.3 is 5.97 Å². The predicted molar refractivity (Wildman–Crippen MR) is 75.7 cm³/mol. The van der Waals surface area contributed by atoms with Crippen LogP contribution in [-0.2, 0) is 11.3 Å². The summed E-state index contributed by atoms with van der Waals surface area (Å²) in [5, 5.41) is 18.6. The summed E-state index contributed by atoms with van der Waals surface area (Å²) in [4.78, 5) is 11.1. The summed E-state index contributed by atoms with van der Waals surface area (Å²) in [6, 6.07) is 4.65. The van der Waals surface area contributed by atoms with E-state index in [9.17, 15) is 9.90 Å². The Hall–Kier alpha value is -2.07. The Morgan fingerprint density at radius 1 is 1.35 bits per heavy atom. The maximum Gasteiger partial charge on any atom is 0.339 e. The molecule has 0 radical (unpaired) electrons. The highest BCUT2D eigenvalue weighted by Crippen LogP contribution is 2.22. The number of hydrogen-bond donors (Lipinski definition) is 2. The number of aromatic hydroxyl groups is 1. The van der Waals surface area contributed by atoms with Gasteiger partial charge in [-0.3, -0.25) is 0 Å². The maximum absolute atomic E-state index is 11.1. The van der Waals surface area contributed by atoms with Gasteiger partial charge in [0, 0.05) is 6.61 Å². The van der Waals surface area contributed by atoms with Gasteiger partial charge in [0.15, 0.2) is 0 Å². The lowest BCUT2D eigenvalue weighted by Crippen LogP contribution is -2.07. The summed E-state index contributed by atoms with van der Waals surface area (Å²) in [7, 11) is 0. The number of carbonyl (C=O) groups is 1. The SMILES string of the molecule is O=C(O)c1c(O)cccc1COCCC1C=CC=CC1. The van der Waals surface area contributed by atoms with Crippen molar-refractivity contribution >= 4 is 5.97 Å². The van der Waals surface area contributed by atoms with Crippen LogP contribution in [0.4, 0.5) is 0 Å². The minimum Gasteiger partial charge on any atom is -0.507 e. The van der Waals surface area contributed by atoms with Crippen LogP contribution in [0.25, 0.3) is 0 Å². The highest BCUT2D eigenvalue weighted by molar-refractivity contribution is 5.92. The van der Waals surface area contributed by atoms with Crippen LogP contribution >= 0.6 is 0 Å². The molecular weight excluding hydrogens is 256 g/mol. The first-order valence-corrected chi connectivity index (χ1v) is 6.63. The van der Waals surface area contributed by atoms with E-state index in [4.69, 9.17) is 9.84 Å². The average Bonchev–Trinajstić information content (AvgIpc) is 2.44. The van der Waals surface area contributed by atoms with Gasteiger partial charge in [0.2, 0.25) is 0 Å². The summed E-state index contributed by atoms with van der Waals surface area (Å²) in [6.45, 7) is 0.764. The lowest BCUT2D eigenvalue weighted by atomic mass is 9.98. The highest BCUT2D eigenvalue weighted by Gasteiger charge is 2.15. The Labute approximate surface area is 118 Å². The second-order valence-electron chi connectivity index (χ2n) is 4.77. The molecule has 0 heterocycles. The van der Waals surface area contributed by atoms with Gasteiger partial charge in [-0.2, -0.15) is 0 Å². The van der Waals surface area contributed by atoms with Gasteiger partial charge in [0.25, 0.3) is 0 Å². The van der Waals surface area contributed by atoms with E-state index in [1.54, 1.807) is 12.1 Å². The second kappa shape index (κ2) is 6.91. The second-order valence-corrected chi connectivity index (χ2v) is 4.77. The molecule has 1 atom stereocenters. The van der Waals surface area contributed by atoms with E-state index in [2.05, 4.69) is 12.2 Å². The summed E-state index contributed by atoms with van der Waals surface area (Å²) in [5.41, 5.74) is 0.421. The molecule has 0 aliphatic heterocycles. The molecule has 1 aliphatic carbocycles. The van der Waals surface area contributed by atoms with Gasteiger partial charge in [0.1, 0.15) is 11.3 Å². The van der Waals surface area contributed by atoms with Crippen LogP contribution < -0.4 is 0 Å². The topological polar surface area (TPSA) is 66.8 Å². The molecule has 1 aliphatic rings. The number of benzene rings is 1. The third-order valence-corrected chi connectivity index (χ3v) is 3.30. The summed E-state index contributed by atoms with van der Waals surface area (Å²) >= 11 is 0. The van der Waals surface area contributed by atoms with Crippen LogP contribution in [-0.4, -0.2) is 22.8 Å². The van der Waals surface area contributed by atoms with Gasteiger partial charge in [-0.05, 0) is 30.4 Å². The number of aromatic carboxylic acids is 1. The van der Waals surface area contributed by atoms with Gasteiger partial charge in [-0.1, -0.05) is 36.4 Å². The monoisotopic (exact) mass is 274 g/mol. The van der Waals surface area contributed by atoms with Gasteiger partial charge in [0.05, 0.1) is 6.61 Å². The fourth-order valence-corrected chi connectivity index (χ4v) is 2.22. The number of carboxylic acid groups (broad SMARTS) is 1. The van der Waals surface area contributed by atoms with Crippen molar-refractivity contribution in [1.82, 2.24) is 0 Å². The van der Waals surface area contributed by atoms with Gasteiger partial charge < -0.3 is 14.9 Å². The van der Waals surface area contributed by atoms with Gasteiger partial charge in [-0.15, -0.1) is 0 Å². The van der Waals surface area contributed by atoms with Crippen LogP contribution in [0.5, 0.6) is 5.75 Å². The Morgan fingerprint density at radius 3 is 2.90 bits per heavy atom. The van der Waals surface area contributed by atoms with Crippen molar-refractivity contribution in [3.8, 4) is 5.75 Å². The van der Waals surface area contributed by atoms with E-state index < -0.39 is 5.97 Å². The minimum atomic E-state index is -1.14. The molecule has 0 saturated heterocycles. The van der Waals surface area contributed by atoms with Crippen molar-refractivity contribution in [2.24, 2.45) is 5.92 Å². The molecule has 0 aromatic heterocycles. The smallest absolute Gasteiger partial charge is 0.339 e. The van der Waals surface area contributed by atoms with E-state index in [1.807, 2.05) is 12.2 Å². The molecule has 0 saturated carbocycles. The third-order valence-electron chi connectivity index (χ3n) is 3.30. The normalized spacial score (nSPS) is 17.3.